The second-order valence-electron chi connectivity index (χ2n) is 6.01. The lowest BCUT2D eigenvalue weighted by Gasteiger charge is -2.13. The van der Waals surface area contributed by atoms with Gasteiger partial charge in [-0.25, -0.2) is 9.37 Å². The van der Waals surface area contributed by atoms with Crippen molar-refractivity contribution >= 4 is 22.4 Å². The normalized spacial score (nSPS) is 10.4. The number of aryl methyl sites for hydroxylation is 3. The van der Waals surface area contributed by atoms with Gasteiger partial charge in [-0.05, 0) is 31.0 Å². The summed E-state index contributed by atoms with van der Waals surface area (Å²) in [6.45, 7) is 8.26. The van der Waals surface area contributed by atoms with Crippen molar-refractivity contribution < 1.29 is 4.39 Å². The van der Waals surface area contributed by atoms with Gasteiger partial charge in [0.05, 0.1) is 17.7 Å². The van der Waals surface area contributed by atoms with Gasteiger partial charge in [0.25, 0.3) is 11.1 Å². The summed E-state index contributed by atoms with van der Waals surface area (Å²) in [5.74, 6) is -0.452. The quantitative estimate of drug-likeness (QED) is 0.758. The molecule has 0 saturated carbocycles. The molecule has 2 aromatic heterocycles. The third-order valence-electron chi connectivity index (χ3n) is 4.06. The monoisotopic (exact) mass is 372 g/mol. The predicted octanol–water partition coefficient (Wildman–Crippen LogP) is 3.72. The summed E-state index contributed by atoms with van der Waals surface area (Å²) in [6, 6.07) is 6.01. The lowest BCUT2D eigenvalue weighted by Crippen LogP contribution is -2.26. The smallest absolute Gasteiger partial charge is 0.264 e. The number of fused-ring (bicyclic) bond motifs is 1. The van der Waals surface area contributed by atoms with Gasteiger partial charge in [-0.2, -0.15) is 0 Å². The van der Waals surface area contributed by atoms with Crippen LogP contribution in [0.3, 0.4) is 0 Å². The van der Waals surface area contributed by atoms with Gasteiger partial charge in [0, 0.05) is 19.7 Å². The molecule has 3 aromatic rings. The van der Waals surface area contributed by atoms with E-state index in [2.05, 4.69) is 10.3 Å². The van der Waals surface area contributed by atoms with E-state index in [9.17, 15) is 14.0 Å². The zero-order chi connectivity index (χ0) is 20.1. The Labute approximate surface area is 157 Å². The second-order valence-corrected chi connectivity index (χ2v) is 6.01. The largest absolute Gasteiger partial charge is 0.352 e. The molecule has 0 radical (unpaired) electrons. The van der Waals surface area contributed by atoms with E-state index in [1.54, 1.807) is 26.1 Å². The first kappa shape index (κ1) is 20.4. The van der Waals surface area contributed by atoms with Crippen LogP contribution >= 0.6 is 0 Å². The highest BCUT2D eigenvalue weighted by molar-refractivity contribution is 5.90. The third kappa shape index (κ3) is 4.07. The number of aromatic nitrogens is 3. The number of halogens is 1. The van der Waals surface area contributed by atoms with Gasteiger partial charge in [-0.15, -0.1) is 0 Å². The molecule has 1 N–H and O–H groups in total. The van der Waals surface area contributed by atoms with Crippen LogP contribution in [0, 0.1) is 12.7 Å². The van der Waals surface area contributed by atoms with Crippen LogP contribution in [-0.2, 0) is 13.6 Å². The molecule has 0 bridgehead atoms. The zero-order valence-electron chi connectivity index (χ0n) is 16.3. The third-order valence-corrected chi connectivity index (χ3v) is 4.06. The Morgan fingerprint density at radius 3 is 2.48 bits per heavy atom. The van der Waals surface area contributed by atoms with E-state index in [1.807, 2.05) is 20.8 Å². The molecule has 144 valence electrons. The molecular weight excluding hydrogens is 347 g/mol. The Hall–Kier alpha value is -2.96. The predicted molar refractivity (Wildman–Crippen MR) is 107 cm³/mol. The lowest BCUT2D eigenvalue weighted by atomic mass is 10.2. The molecule has 0 amide bonds. The number of hydrogen-bond acceptors (Lipinski definition) is 4. The molecule has 2 heterocycles. The van der Waals surface area contributed by atoms with Crippen LogP contribution < -0.4 is 16.4 Å². The summed E-state index contributed by atoms with van der Waals surface area (Å²) in [5.41, 5.74) is 0.901. The molecule has 6 nitrogen and oxygen atoms in total. The van der Waals surface area contributed by atoms with Crippen LogP contribution in [0.15, 0.2) is 40.2 Å². The average Bonchev–Trinajstić information content (AvgIpc) is 2.65. The first-order chi connectivity index (χ1) is 12.9. The van der Waals surface area contributed by atoms with E-state index in [4.69, 9.17) is 0 Å². The Balaban J connectivity index is 0.00000126. The molecule has 0 aliphatic rings. The van der Waals surface area contributed by atoms with E-state index in [0.29, 0.717) is 6.54 Å². The van der Waals surface area contributed by atoms with Gasteiger partial charge in [0.15, 0.2) is 5.65 Å². The Bertz CT molecular complexity index is 1070. The highest BCUT2D eigenvalue weighted by atomic mass is 19.1. The number of benzene rings is 1. The molecule has 0 atom stereocenters. The molecule has 0 unspecified atom stereocenters. The number of nitrogens with zero attached hydrogens (tertiary/aromatic N) is 3. The van der Waals surface area contributed by atoms with E-state index >= 15 is 0 Å². The SMILES string of the molecule is CC.CCCn1cnc2c(c(Nc3ccc(C)cc3F)cc(=O)n2C)c1=O. The number of hydrogen-bond donors (Lipinski definition) is 1. The van der Waals surface area contributed by atoms with Crippen LogP contribution in [0.1, 0.15) is 32.8 Å². The number of rotatable bonds is 4. The van der Waals surface area contributed by atoms with Crippen molar-refractivity contribution in [2.45, 2.75) is 40.7 Å². The summed E-state index contributed by atoms with van der Waals surface area (Å²) in [4.78, 5) is 29.2. The fourth-order valence-electron chi connectivity index (χ4n) is 2.73. The maximum absolute atomic E-state index is 14.2. The molecule has 0 aliphatic carbocycles. The molecule has 27 heavy (non-hydrogen) atoms. The van der Waals surface area contributed by atoms with Crippen LogP contribution in [-0.4, -0.2) is 14.1 Å². The Morgan fingerprint density at radius 2 is 1.85 bits per heavy atom. The van der Waals surface area contributed by atoms with E-state index in [1.165, 1.54) is 27.6 Å². The fraction of sp³-hybridized carbons (Fsp3) is 0.350. The van der Waals surface area contributed by atoms with Gasteiger partial charge in [0.2, 0.25) is 0 Å². The lowest BCUT2D eigenvalue weighted by molar-refractivity contribution is 0.630. The standard InChI is InChI=1S/C18H19FN4O2.C2H6/c1-4-7-23-10-20-17-16(18(23)25)14(9-15(24)22(17)3)21-13-6-5-11(2)8-12(13)19;1-2/h5-6,8-10,21H,4,7H2,1-3H3;1-2H3. The van der Waals surface area contributed by atoms with Gasteiger partial charge in [0.1, 0.15) is 11.2 Å². The number of anilines is 2. The Morgan fingerprint density at radius 1 is 1.15 bits per heavy atom. The Kier molecular flexibility index (Phi) is 6.50. The number of nitrogens with one attached hydrogen (secondary N) is 1. The van der Waals surface area contributed by atoms with Gasteiger partial charge in [-0.3, -0.25) is 18.7 Å². The highest BCUT2D eigenvalue weighted by Gasteiger charge is 2.15. The minimum Gasteiger partial charge on any atom is -0.352 e. The summed E-state index contributed by atoms with van der Waals surface area (Å²) in [6.07, 6.45) is 2.21. The molecule has 0 saturated heterocycles. The summed E-state index contributed by atoms with van der Waals surface area (Å²) in [5, 5.41) is 3.14. The highest BCUT2D eigenvalue weighted by Crippen LogP contribution is 2.23. The van der Waals surface area contributed by atoms with Crippen LogP contribution in [0.2, 0.25) is 0 Å². The molecule has 1 aromatic carbocycles. The van der Waals surface area contributed by atoms with Crippen molar-refractivity contribution in [2.24, 2.45) is 7.05 Å². The van der Waals surface area contributed by atoms with Crippen LogP contribution in [0.5, 0.6) is 0 Å². The zero-order valence-corrected chi connectivity index (χ0v) is 16.3. The first-order valence-corrected chi connectivity index (χ1v) is 9.04. The van der Waals surface area contributed by atoms with Crippen molar-refractivity contribution in [3.63, 3.8) is 0 Å². The molecule has 7 heteroatoms. The van der Waals surface area contributed by atoms with E-state index < -0.39 is 5.82 Å². The van der Waals surface area contributed by atoms with E-state index in [0.717, 1.165) is 12.0 Å². The van der Waals surface area contributed by atoms with Crippen LogP contribution in [0.4, 0.5) is 15.8 Å². The average molecular weight is 372 g/mol. The summed E-state index contributed by atoms with van der Waals surface area (Å²) >= 11 is 0. The molecule has 0 aliphatic heterocycles. The fourth-order valence-corrected chi connectivity index (χ4v) is 2.73. The second kappa shape index (κ2) is 8.62. The molecule has 0 spiro atoms. The topological polar surface area (TPSA) is 68.9 Å². The van der Waals surface area contributed by atoms with Crippen molar-refractivity contribution in [3.05, 3.63) is 62.7 Å². The maximum atomic E-state index is 14.2. The van der Waals surface area contributed by atoms with Crippen molar-refractivity contribution in [2.75, 3.05) is 5.32 Å². The van der Waals surface area contributed by atoms with Crippen molar-refractivity contribution in [1.29, 1.82) is 0 Å². The summed E-state index contributed by atoms with van der Waals surface area (Å²) < 4.78 is 17.0. The van der Waals surface area contributed by atoms with Crippen molar-refractivity contribution in [1.82, 2.24) is 14.1 Å². The minimum absolute atomic E-state index is 0.199. The van der Waals surface area contributed by atoms with Gasteiger partial charge < -0.3 is 5.32 Å². The van der Waals surface area contributed by atoms with Gasteiger partial charge >= 0.3 is 0 Å². The van der Waals surface area contributed by atoms with Crippen molar-refractivity contribution in [3.8, 4) is 0 Å². The summed E-state index contributed by atoms with van der Waals surface area (Å²) in [7, 11) is 1.55. The minimum atomic E-state index is -0.452. The maximum Gasteiger partial charge on any atom is 0.264 e. The molecular formula is C20H25FN4O2. The van der Waals surface area contributed by atoms with E-state index in [-0.39, 0.29) is 33.5 Å². The number of pyridine rings is 1. The molecule has 3 rings (SSSR count). The van der Waals surface area contributed by atoms with Crippen LogP contribution in [0.25, 0.3) is 11.0 Å². The van der Waals surface area contributed by atoms with Gasteiger partial charge in [-0.1, -0.05) is 26.8 Å². The first-order valence-electron chi connectivity index (χ1n) is 9.04. The molecule has 0 fully saturated rings.